The predicted octanol–water partition coefficient (Wildman–Crippen LogP) is 3.55. The number of aromatic nitrogens is 2. The first-order chi connectivity index (χ1) is 22.5. The number of nitrogens with zero attached hydrogens (tertiary/aromatic N) is 7. The van der Waals surface area contributed by atoms with Crippen molar-refractivity contribution in [2.45, 2.75) is 68.7 Å². The fourth-order valence-electron chi connectivity index (χ4n) is 8.47. The van der Waals surface area contributed by atoms with Gasteiger partial charge in [0.1, 0.15) is 30.1 Å². The van der Waals surface area contributed by atoms with Gasteiger partial charge < -0.3 is 20.3 Å². The van der Waals surface area contributed by atoms with E-state index in [0.29, 0.717) is 64.3 Å². The monoisotopic (exact) mass is 668 g/mol. The Bertz CT molecular complexity index is 1650. The number of likely N-dealkylation sites (N-methyl/N-ethyl adjacent to an activating group) is 2. The van der Waals surface area contributed by atoms with Crippen LogP contribution in [0.15, 0.2) is 33.9 Å². The van der Waals surface area contributed by atoms with Crippen LogP contribution in [0.2, 0.25) is 0 Å². The summed E-state index contributed by atoms with van der Waals surface area (Å²) in [7, 11) is 5.33. The Morgan fingerprint density at radius 3 is 2.81 bits per heavy atom. The van der Waals surface area contributed by atoms with E-state index in [1.54, 1.807) is 20.2 Å². The lowest BCUT2D eigenvalue weighted by atomic mass is 9.81. The van der Waals surface area contributed by atoms with E-state index in [1.165, 1.54) is 11.0 Å². The van der Waals surface area contributed by atoms with Crippen molar-refractivity contribution in [1.82, 2.24) is 24.7 Å². The molecule has 47 heavy (non-hydrogen) atoms. The number of carbonyl (C=O) groups is 1. The molecule has 1 aromatic carbocycles. The van der Waals surface area contributed by atoms with E-state index in [2.05, 4.69) is 21.7 Å². The summed E-state index contributed by atoms with van der Waals surface area (Å²) in [6.07, 6.45) is 4.24. The Hall–Kier alpha value is -3.35. The number of carbonyl (C=O) groups excluding carboxylic acids is 1. The van der Waals surface area contributed by atoms with Gasteiger partial charge in [-0.2, -0.15) is 9.97 Å². The van der Waals surface area contributed by atoms with Gasteiger partial charge >= 0.3 is 6.01 Å². The number of alkyl halides is 1. The van der Waals surface area contributed by atoms with Gasteiger partial charge in [-0.25, -0.2) is 8.78 Å². The summed E-state index contributed by atoms with van der Waals surface area (Å²) in [5.74, 6) is 0.172. The number of ether oxygens (including phenoxy) is 1. The lowest BCUT2D eigenvalue weighted by Gasteiger charge is -2.44. The van der Waals surface area contributed by atoms with E-state index in [-0.39, 0.29) is 34.0 Å². The average molecular weight is 669 g/mol. The van der Waals surface area contributed by atoms with Gasteiger partial charge in [0, 0.05) is 58.7 Å². The van der Waals surface area contributed by atoms with E-state index in [9.17, 15) is 13.6 Å². The quantitative estimate of drug-likeness (QED) is 0.467. The zero-order valence-electron chi connectivity index (χ0n) is 27.4. The SMILES string of the molecule is CN(C)C(=O)C(N)=C(Cl)C1=NCCCN(c2nc(OC[C@@]34CCCN3C[C@H](F)C4)nc3c2CN(C)[C@@]2(CCc4c(F)cccc42)C3)C1. The number of anilines is 1. The summed E-state index contributed by atoms with van der Waals surface area (Å²) in [5.41, 5.74) is 9.53. The molecule has 1 aliphatic carbocycles. The molecule has 1 amide bonds. The fourth-order valence-corrected chi connectivity index (χ4v) is 8.67. The summed E-state index contributed by atoms with van der Waals surface area (Å²) < 4.78 is 35.9. The Kier molecular flexibility index (Phi) is 8.41. The molecule has 0 radical (unpaired) electrons. The van der Waals surface area contributed by atoms with E-state index in [4.69, 9.17) is 37.0 Å². The van der Waals surface area contributed by atoms with Crippen LogP contribution in [0.3, 0.4) is 0 Å². The highest BCUT2D eigenvalue weighted by atomic mass is 35.5. The van der Waals surface area contributed by atoms with Crippen LogP contribution in [0.4, 0.5) is 14.6 Å². The zero-order chi connectivity index (χ0) is 33.1. The lowest BCUT2D eigenvalue weighted by Crippen LogP contribution is -2.48. The van der Waals surface area contributed by atoms with E-state index in [1.807, 2.05) is 6.07 Å². The first-order valence-electron chi connectivity index (χ1n) is 16.6. The topological polar surface area (TPSA) is 103 Å². The summed E-state index contributed by atoms with van der Waals surface area (Å²) in [6.45, 7) is 3.64. The van der Waals surface area contributed by atoms with E-state index in [0.717, 1.165) is 60.4 Å². The molecule has 10 nitrogen and oxygen atoms in total. The van der Waals surface area contributed by atoms with E-state index >= 15 is 0 Å². The van der Waals surface area contributed by atoms with Crippen molar-refractivity contribution in [3.63, 3.8) is 0 Å². The standard InChI is InChI=1S/C34H43ClF2N8O2/c1-42(2)31(46)29(38)28(35)27-19-44(13-6-12-39-27)30-23-18-43(3)34(11-9-22-24(34)7-4-8-25(22)37)16-26(23)40-32(41-30)47-20-33-10-5-14-45(33)17-21(36)15-33/h4,7-8,21H,5-6,9-20,38H2,1-3H3/t21-,33+,34+/m1/s1. The van der Waals surface area contributed by atoms with Crippen LogP contribution < -0.4 is 15.4 Å². The highest BCUT2D eigenvalue weighted by molar-refractivity contribution is 6.45. The molecule has 1 spiro atoms. The highest BCUT2D eigenvalue weighted by Crippen LogP contribution is 2.49. The second-order valence-corrected chi connectivity index (χ2v) is 14.4. The van der Waals surface area contributed by atoms with Crippen LogP contribution in [-0.4, -0.2) is 108 Å². The molecule has 4 aliphatic heterocycles. The average Bonchev–Trinajstić information content (AvgIpc) is 3.63. The van der Waals surface area contributed by atoms with Crippen LogP contribution in [0.25, 0.3) is 0 Å². The molecule has 1 aromatic heterocycles. The smallest absolute Gasteiger partial charge is 0.318 e. The third kappa shape index (κ3) is 5.55. The molecular weight excluding hydrogens is 626 g/mol. The number of halogens is 3. The summed E-state index contributed by atoms with van der Waals surface area (Å²) in [5, 5.41) is 0.137. The maximum Gasteiger partial charge on any atom is 0.318 e. The molecule has 13 heteroatoms. The number of nitrogens with two attached hydrogens (primary N) is 1. The number of fused-ring (bicyclic) bond motifs is 4. The summed E-state index contributed by atoms with van der Waals surface area (Å²) in [6, 6.07) is 5.62. The highest BCUT2D eigenvalue weighted by Gasteiger charge is 2.50. The van der Waals surface area contributed by atoms with Crippen molar-refractivity contribution < 1.29 is 18.3 Å². The Balaban J connectivity index is 1.27. The first kappa shape index (κ1) is 32.2. The van der Waals surface area contributed by atoms with Gasteiger partial charge in [-0.3, -0.25) is 19.6 Å². The maximum absolute atomic E-state index is 14.9. The molecule has 2 fully saturated rings. The number of aliphatic imine (C=N–C) groups is 1. The molecule has 0 saturated carbocycles. The third-order valence-corrected chi connectivity index (χ3v) is 11.4. The Labute approximate surface area is 279 Å². The molecule has 2 aromatic rings. The maximum atomic E-state index is 14.9. The zero-order valence-corrected chi connectivity index (χ0v) is 28.1. The molecule has 5 heterocycles. The van der Waals surface area contributed by atoms with Crippen LogP contribution >= 0.6 is 11.6 Å². The van der Waals surface area contributed by atoms with Gasteiger partial charge in [0.25, 0.3) is 5.91 Å². The largest absolute Gasteiger partial charge is 0.461 e. The number of benzene rings is 1. The minimum Gasteiger partial charge on any atom is -0.461 e. The van der Waals surface area contributed by atoms with Crippen molar-refractivity contribution >= 4 is 29.0 Å². The van der Waals surface area contributed by atoms with Crippen molar-refractivity contribution in [3.8, 4) is 6.01 Å². The van der Waals surface area contributed by atoms with Gasteiger partial charge in [-0.05, 0) is 62.9 Å². The van der Waals surface area contributed by atoms with Gasteiger partial charge in [0.05, 0.1) is 34.1 Å². The Morgan fingerprint density at radius 2 is 2.00 bits per heavy atom. The molecule has 2 saturated heterocycles. The second kappa shape index (κ2) is 12.3. The van der Waals surface area contributed by atoms with Crippen molar-refractivity contribution in [3.05, 3.63) is 57.1 Å². The number of amides is 1. The van der Waals surface area contributed by atoms with Crippen LogP contribution in [-0.2, 0) is 29.7 Å². The second-order valence-electron chi connectivity index (χ2n) is 14.0. The predicted molar refractivity (Wildman–Crippen MR) is 177 cm³/mol. The third-order valence-electron chi connectivity index (χ3n) is 10.9. The minimum atomic E-state index is -0.864. The van der Waals surface area contributed by atoms with Crippen LogP contribution in [0.1, 0.15) is 54.5 Å². The minimum absolute atomic E-state index is 0.0529. The number of hydrogen-bond acceptors (Lipinski definition) is 9. The Morgan fingerprint density at radius 1 is 1.17 bits per heavy atom. The van der Waals surface area contributed by atoms with Crippen molar-refractivity contribution in [1.29, 1.82) is 0 Å². The lowest BCUT2D eigenvalue weighted by molar-refractivity contribution is -0.124. The number of rotatable bonds is 6. The number of hydrogen-bond donors (Lipinski definition) is 1. The molecule has 0 bridgehead atoms. The summed E-state index contributed by atoms with van der Waals surface area (Å²) >= 11 is 6.72. The van der Waals surface area contributed by atoms with Gasteiger partial charge in [0.2, 0.25) is 0 Å². The van der Waals surface area contributed by atoms with E-state index < -0.39 is 11.7 Å². The van der Waals surface area contributed by atoms with Gasteiger partial charge in [-0.15, -0.1) is 0 Å². The van der Waals surface area contributed by atoms with Crippen molar-refractivity contribution in [2.75, 3.05) is 65.4 Å². The summed E-state index contributed by atoms with van der Waals surface area (Å²) in [4.78, 5) is 35.4. The molecule has 2 N–H and O–H groups in total. The molecule has 5 aliphatic rings. The first-order valence-corrected chi connectivity index (χ1v) is 17.0. The van der Waals surface area contributed by atoms with Crippen molar-refractivity contribution in [2.24, 2.45) is 10.7 Å². The van der Waals surface area contributed by atoms with Crippen LogP contribution in [0, 0.1) is 5.82 Å². The normalized spacial score (nSPS) is 28.0. The molecule has 252 valence electrons. The van der Waals surface area contributed by atoms with Gasteiger partial charge in [0.15, 0.2) is 0 Å². The molecule has 7 rings (SSSR count). The molecular formula is C34H43ClF2N8O2. The van der Waals surface area contributed by atoms with Crippen LogP contribution in [0.5, 0.6) is 6.01 Å². The molecule has 0 unspecified atom stereocenters. The molecule has 3 atom stereocenters. The van der Waals surface area contributed by atoms with Gasteiger partial charge in [-0.1, -0.05) is 23.7 Å². The fraction of sp³-hybridized carbons (Fsp3) is 0.588.